The van der Waals surface area contributed by atoms with Crippen LogP contribution in [0.3, 0.4) is 0 Å². The fourth-order valence-electron chi connectivity index (χ4n) is 2.51. The number of carbonyl (C=O) groups is 2. The van der Waals surface area contributed by atoms with E-state index in [0.717, 1.165) is 24.5 Å². The Morgan fingerprint density at radius 3 is 2.77 bits per heavy atom. The number of rotatable bonds is 10. The van der Waals surface area contributed by atoms with Crippen molar-refractivity contribution in [3.63, 3.8) is 0 Å². The van der Waals surface area contributed by atoms with Crippen molar-refractivity contribution in [1.29, 1.82) is 0 Å². The molecule has 1 saturated heterocycles. The molecule has 0 aliphatic carbocycles. The van der Waals surface area contributed by atoms with Gasteiger partial charge in [0.15, 0.2) is 6.61 Å². The average Bonchev–Trinajstić information content (AvgIpc) is 3.17. The quantitative estimate of drug-likeness (QED) is 0.363. The van der Waals surface area contributed by atoms with Gasteiger partial charge in [0.1, 0.15) is 11.5 Å². The third-order valence-corrected chi connectivity index (χ3v) is 6.94. The minimum atomic E-state index is -0.402. The summed E-state index contributed by atoms with van der Waals surface area (Å²) >= 11 is 0. The summed E-state index contributed by atoms with van der Waals surface area (Å²) in [5, 5.41) is 3.39. The predicted octanol–water partition coefficient (Wildman–Crippen LogP) is 3.90. The summed E-state index contributed by atoms with van der Waals surface area (Å²) < 4.78 is 15.4. The summed E-state index contributed by atoms with van der Waals surface area (Å²) in [5.74, 6) is 1.59. The third-order valence-electron chi connectivity index (χ3n) is 3.93. The lowest BCUT2D eigenvalue weighted by molar-refractivity contribution is -0.147. The highest BCUT2D eigenvalue weighted by molar-refractivity contribution is 8.77. The molecule has 144 valence electrons. The number of hydrogen-bond acceptors (Lipinski definition) is 7. The summed E-state index contributed by atoms with van der Waals surface area (Å²) in [4.78, 5) is 23.7. The van der Waals surface area contributed by atoms with Crippen LogP contribution in [-0.2, 0) is 14.3 Å². The number of nitrogens with one attached hydrogen (secondary N) is 1. The molecule has 1 atom stereocenters. The molecular formula is C18H25NO5S2. The Balaban J connectivity index is 1.65. The van der Waals surface area contributed by atoms with Gasteiger partial charge in [-0.1, -0.05) is 28.0 Å². The van der Waals surface area contributed by atoms with E-state index in [1.807, 2.05) is 21.6 Å². The van der Waals surface area contributed by atoms with Crippen LogP contribution in [0.15, 0.2) is 18.2 Å². The topological polar surface area (TPSA) is 73.9 Å². The monoisotopic (exact) mass is 399 g/mol. The number of hydrogen-bond donors (Lipinski definition) is 1. The van der Waals surface area contributed by atoms with Crippen molar-refractivity contribution in [3.8, 4) is 11.5 Å². The van der Waals surface area contributed by atoms with E-state index < -0.39 is 5.91 Å². The molecule has 0 unspecified atom stereocenters. The number of anilines is 1. The number of amides is 1. The number of unbranched alkanes of at least 4 members (excludes halogenated alkanes) is 1. The van der Waals surface area contributed by atoms with Gasteiger partial charge in [0.25, 0.3) is 5.91 Å². The molecule has 1 aromatic carbocycles. The molecule has 1 fully saturated rings. The Bertz CT molecular complexity index is 605. The van der Waals surface area contributed by atoms with E-state index in [4.69, 9.17) is 14.2 Å². The highest BCUT2D eigenvalue weighted by Gasteiger charge is 2.16. The van der Waals surface area contributed by atoms with E-state index in [9.17, 15) is 9.59 Å². The van der Waals surface area contributed by atoms with E-state index >= 15 is 0 Å². The number of methoxy groups -OCH3 is 2. The van der Waals surface area contributed by atoms with E-state index in [2.05, 4.69) is 5.32 Å². The molecule has 0 aromatic heterocycles. The third kappa shape index (κ3) is 6.99. The van der Waals surface area contributed by atoms with Crippen molar-refractivity contribution in [2.24, 2.45) is 0 Å². The normalized spacial score (nSPS) is 16.2. The highest BCUT2D eigenvalue weighted by atomic mass is 33.1. The van der Waals surface area contributed by atoms with Gasteiger partial charge >= 0.3 is 5.97 Å². The van der Waals surface area contributed by atoms with Crippen molar-refractivity contribution in [2.75, 3.05) is 31.9 Å². The molecule has 26 heavy (non-hydrogen) atoms. The molecule has 2 rings (SSSR count). The zero-order valence-electron chi connectivity index (χ0n) is 15.1. The molecule has 1 aliphatic heterocycles. The first-order valence-electron chi connectivity index (χ1n) is 8.58. The molecule has 1 heterocycles. The molecule has 0 saturated carbocycles. The van der Waals surface area contributed by atoms with Crippen LogP contribution < -0.4 is 14.8 Å². The van der Waals surface area contributed by atoms with Gasteiger partial charge in [0, 0.05) is 23.5 Å². The number of benzene rings is 1. The first-order valence-corrected chi connectivity index (χ1v) is 11.0. The number of esters is 1. The van der Waals surface area contributed by atoms with Crippen molar-refractivity contribution >= 4 is 39.2 Å². The predicted molar refractivity (Wildman–Crippen MR) is 106 cm³/mol. The fraction of sp³-hybridized carbons (Fsp3) is 0.556. The van der Waals surface area contributed by atoms with Crippen LogP contribution in [0.5, 0.6) is 11.5 Å². The average molecular weight is 400 g/mol. The van der Waals surface area contributed by atoms with Crippen LogP contribution in [0, 0.1) is 0 Å². The number of carbonyl (C=O) groups excluding carboxylic acids is 2. The maximum atomic E-state index is 12.0. The second kappa shape index (κ2) is 11.2. The fourth-order valence-corrected chi connectivity index (χ4v) is 5.54. The van der Waals surface area contributed by atoms with Gasteiger partial charge in [-0.25, -0.2) is 0 Å². The zero-order valence-corrected chi connectivity index (χ0v) is 16.7. The van der Waals surface area contributed by atoms with Crippen LogP contribution in [-0.4, -0.2) is 43.7 Å². The van der Waals surface area contributed by atoms with Gasteiger partial charge in [-0.15, -0.1) is 0 Å². The van der Waals surface area contributed by atoms with Crippen molar-refractivity contribution < 1.29 is 23.8 Å². The Kier molecular flexibility index (Phi) is 8.97. The van der Waals surface area contributed by atoms with Crippen LogP contribution >= 0.6 is 21.6 Å². The lowest BCUT2D eigenvalue weighted by Crippen LogP contribution is -2.21. The zero-order chi connectivity index (χ0) is 18.8. The molecule has 1 N–H and O–H groups in total. The molecule has 0 bridgehead atoms. The second-order valence-electron chi connectivity index (χ2n) is 5.85. The van der Waals surface area contributed by atoms with E-state index in [0.29, 0.717) is 23.6 Å². The van der Waals surface area contributed by atoms with Gasteiger partial charge in [-0.3, -0.25) is 9.59 Å². The van der Waals surface area contributed by atoms with Crippen LogP contribution in [0.1, 0.15) is 32.1 Å². The molecule has 1 aromatic rings. The van der Waals surface area contributed by atoms with Gasteiger partial charge in [0.2, 0.25) is 0 Å². The first-order chi connectivity index (χ1) is 12.6. The van der Waals surface area contributed by atoms with Gasteiger partial charge in [-0.2, -0.15) is 0 Å². The second-order valence-corrected chi connectivity index (χ2v) is 8.64. The Morgan fingerprint density at radius 2 is 2.08 bits per heavy atom. The summed E-state index contributed by atoms with van der Waals surface area (Å²) in [6.07, 6.45) is 4.57. The van der Waals surface area contributed by atoms with Crippen LogP contribution in [0.4, 0.5) is 5.69 Å². The molecule has 0 spiro atoms. The van der Waals surface area contributed by atoms with Gasteiger partial charge < -0.3 is 19.5 Å². The van der Waals surface area contributed by atoms with E-state index in [1.165, 1.54) is 19.3 Å². The SMILES string of the molecule is COc1ccc(NC(=O)COC(=O)CCCC[C@@H]2CCSS2)c(OC)c1. The largest absolute Gasteiger partial charge is 0.497 e. The summed E-state index contributed by atoms with van der Waals surface area (Å²) in [6, 6.07) is 5.06. The highest BCUT2D eigenvalue weighted by Crippen LogP contribution is 2.39. The maximum absolute atomic E-state index is 12.0. The Hall–Kier alpha value is -1.54. The molecule has 8 heteroatoms. The Labute approximate surface area is 162 Å². The van der Waals surface area contributed by atoms with Crippen molar-refractivity contribution in [3.05, 3.63) is 18.2 Å². The summed E-state index contributed by atoms with van der Waals surface area (Å²) in [5.41, 5.74) is 0.501. The molecule has 6 nitrogen and oxygen atoms in total. The maximum Gasteiger partial charge on any atom is 0.306 e. The minimum Gasteiger partial charge on any atom is -0.497 e. The van der Waals surface area contributed by atoms with E-state index in [-0.39, 0.29) is 12.6 Å². The van der Waals surface area contributed by atoms with Gasteiger partial charge in [0.05, 0.1) is 19.9 Å². The Morgan fingerprint density at radius 1 is 1.23 bits per heavy atom. The lowest BCUT2D eigenvalue weighted by Gasteiger charge is -2.12. The molecule has 1 aliphatic rings. The van der Waals surface area contributed by atoms with E-state index in [1.54, 1.807) is 25.3 Å². The summed E-state index contributed by atoms with van der Waals surface area (Å²) in [6.45, 7) is -0.302. The number of ether oxygens (including phenoxy) is 3. The molecule has 1 amide bonds. The standard InChI is InChI=1S/C18H25NO5S2/c1-22-13-7-8-15(16(11-13)23-2)19-17(20)12-24-18(21)6-4-3-5-14-9-10-25-26-14/h7-8,11,14H,3-6,9-10,12H2,1-2H3,(H,19,20)/t14-/m1/s1. The smallest absolute Gasteiger partial charge is 0.306 e. The first kappa shape index (κ1) is 20.8. The lowest BCUT2D eigenvalue weighted by atomic mass is 10.1. The molecular weight excluding hydrogens is 374 g/mol. The van der Waals surface area contributed by atoms with Crippen molar-refractivity contribution in [2.45, 2.75) is 37.4 Å². The minimum absolute atomic E-state index is 0.302. The summed E-state index contributed by atoms with van der Waals surface area (Å²) in [7, 11) is 6.94. The van der Waals surface area contributed by atoms with Crippen LogP contribution in [0.25, 0.3) is 0 Å². The molecule has 0 radical (unpaired) electrons. The van der Waals surface area contributed by atoms with Gasteiger partial charge in [-0.05, 0) is 31.4 Å². The van der Waals surface area contributed by atoms with Crippen LogP contribution in [0.2, 0.25) is 0 Å². The van der Waals surface area contributed by atoms with Crippen molar-refractivity contribution in [1.82, 2.24) is 0 Å².